The Morgan fingerprint density at radius 2 is 1.02 bits per heavy atom. The third-order valence-corrected chi connectivity index (χ3v) is 17.4. The summed E-state index contributed by atoms with van der Waals surface area (Å²) < 4.78 is 89.0. The minimum absolute atomic E-state index is 0.00925. The van der Waals surface area contributed by atoms with Crippen molar-refractivity contribution in [2.75, 3.05) is 18.8 Å². The molecule has 4 aromatic carbocycles. The fraction of sp³-hybridized carbons (Fsp3) is 0.583. The number of ether oxygens (including phenoxy) is 7. The first-order valence-electron chi connectivity index (χ1n) is 28.7. The molecule has 3 saturated heterocycles. The maximum atomic E-state index is 13.4. The van der Waals surface area contributed by atoms with E-state index in [1.165, 1.54) is 54.4 Å². The van der Waals surface area contributed by atoms with Gasteiger partial charge in [0.15, 0.2) is 18.9 Å². The van der Waals surface area contributed by atoms with E-state index < -0.39 is 65.5 Å². The number of carbonyl (C=O) groups excluding carboxylic acids is 1. The molecule has 7 rings (SSSR count). The van der Waals surface area contributed by atoms with E-state index in [0.29, 0.717) is 111 Å². The second kappa shape index (κ2) is 33.1. The molecule has 3 aliphatic heterocycles. The fourth-order valence-corrected chi connectivity index (χ4v) is 12.5. The van der Waals surface area contributed by atoms with Crippen LogP contribution in [0.2, 0.25) is 0 Å². The number of nitrogens with one attached hydrogen (secondary N) is 1. The van der Waals surface area contributed by atoms with Crippen molar-refractivity contribution in [3.8, 4) is 34.5 Å². The third-order valence-electron chi connectivity index (χ3n) is 15.0. The fourth-order valence-electron chi connectivity index (χ4n) is 10.8. The summed E-state index contributed by atoms with van der Waals surface area (Å²) in [7, 11) is -4.32. The molecule has 3 aliphatic rings. The second-order valence-corrected chi connectivity index (χ2v) is 24.8. The zero-order valence-corrected chi connectivity index (χ0v) is 51.7. The van der Waals surface area contributed by atoms with Crippen LogP contribution in [0.1, 0.15) is 158 Å². The van der Waals surface area contributed by atoms with Gasteiger partial charge in [0.2, 0.25) is 0 Å². The van der Waals surface area contributed by atoms with Crippen molar-refractivity contribution in [2.45, 2.75) is 208 Å². The van der Waals surface area contributed by atoms with Crippen LogP contribution in [0.5, 0.6) is 34.5 Å². The van der Waals surface area contributed by atoms with Gasteiger partial charge in [-0.25, -0.2) is 17.9 Å². The molecule has 84 heavy (non-hydrogen) atoms. The lowest BCUT2D eigenvalue weighted by molar-refractivity contribution is -0.251. The number of aliphatic hydroxyl groups excluding tert-OH is 3. The van der Waals surface area contributed by atoms with Gasteiger partial charge in [-0.05, 0) is 164 Å². The number of aryl methyl sites for hydroxylation is 1. The van der Waals surface area contributed by atoms with Gasteiger partial charge < -0.3 is 76.3 Å². The van der Waals surface area contributed by atoms with Gasteiger partial charge in [0.1, 0.15) is 40.6 Å². The predicted octanol–water partition coefficient (Wildman–Crippen LogP) is 11.7. The number of phenols is 3. The highest BCUT2D eigenvalue weighted by molar-refractivity contribution is 7.94. The average Bonchev–Trinajstić information content (AvgIpc) is 3.66. The number of aliphatic hydroxyl groups is 3. The minimum atomic E-state index is -4.32. The lowest BCUT2D eigenvalue weighted by Crippen LogP contribution is -2.36. The molecule has 466 valence electrons. The van der Waals surface area contributed by atoms with Crippen molar-refractivity contribution >= 4 is 52.2 Å². The van der Waals surface area contributed by atoms with Crippen molar-refractivity contribution in [3.05, 3.63) is 101 Å². The molecule has 0 bridgehead atoms. The third kappa shape index (κ3) is 20.6. The Bertz CT molecular complexity index is 2780. The second-order valence-electron chi connectivity index (χ2n) is 21.7. The first-order chi connectivity index (χ1) is 40.3. The average molecular weight is 1250 g/mol. The number of carbonyl (C=O) groups is 1. The van der Waals surface area contributed by atoms with Crippen LogP contribution in [0.4, 0.5) is 4.79 Å². The van der Waals surface area contributed by atoms with Gasteiger partial charge >= 0.3 is 6.09 Å². The zero-order chi connectivity index (χ0) is 60.3. The maximum absolute atomic E-state index is 13.4. The highest BCUT2D eigenvalue weighted by Crippen LogP contribution is 2.42. The van der Waals surface area contributed by atoms with E-state index >= 15 is 0 Å². The molecule has 0 spiro atoms. The predicted molar refractivity (Wildman–Crippen MR) is 319 cm³/mol. The molecule has 20 nitrogen and oxygen atoms in total. The van der Waals surface area contributed by atoms with E-state index in [1.807, 2.05) is 18.6 Å². The summed E-state index contributed by atoms with van der Waals surface area (Å²) >= 11 is 3.49. The minimum Gasteiger partial charge on any atom is -0.507 e. The largest absolute Gasteiger partial charge is 0.507 e. The summed E-state index contributed by atoms with van der Waals surface area (Å²) in [5, 5.41) is 66.5. The number of aromatic hydroxyl groups is 3. The van der Waals surface area contributed by atoms with Gasteiger partial charge in [-0.3, -0.25) is 0 Å². The Morgan fingerprint density at radius 1 is 0.583 bits per heavy atom. The number of rotatable bonds is 31. The smallest absolute Gasteiger partial charge is 0.421 e. The highest BCUT2D eigenvalue weighted by atomic mass is 32.2. The van der Waals surface area contributed by atoms with E-state index in [-0.39, 0.29) is 71.9 Å². The topological polar surface area (TPSA) is 277 Å². The van der Waals surface area contributed by atoms with Crippen molar-refractivity contribution in [1.82, 2.24) is 4.72 Å². The van der Waals surface area contributed by atoms with E-state index in [9.17, 15) is 43.9 Å². The molecule has 0 saturated carbocycles. The summed E-state index contributed by atoms with van der Waals surface area (Å²) in [6.07, 6.45) is 2.40. The Labute approximate surface area is 506 Å². The van der Waals surface area contributed by atoms with Crippen LogP contribution in [0.25, 0.3) is 0 Å². The first kappa shape index (κ1) is 67.1. The number of amides is 1. The highest BCUT2D eigenvalue weighted by Gasteiger charge is 2.36. The molecule has 12 unspecified atom stereocenters. The monoisotopic (exact) mass is 1250 g/mol. The quantitative estimate of drug-likeness (QED) is 0.0231. The van der Waals surface area contributed by atoms with Crippen LogP contribution in [0.3, 0.4) is 0 Å². The molecule has 3 fully saturated rings. The standard InChI is InChI=1S/C60H83NO19S4/c1-7-41-31-43(73-58(72-41)52-34-47(79-82-5)20-25-55(52)66)13-8-11-38(62)28-40(64)30-42(77-60(68)61-84(69,70)50-22-17-36(2)18-23-50)15-10-16-45-32-44(74-59(75-45)53-35-48(80-83-6)21-26-56(53)67)14-9-12-39(63)29-49-27-37(3)71-57(76-49)51-33-46(78-81-4)19-24-54(51)65/h17-26,33-35,37-45,49,57-59,62-67H,7-16,27-32H2,1-6H3,(H,61,68)/t37-,38?,39?,40?,41?,42?,43?,44?,45?,49?,57?,58?,59?/m0/s1. The van der Waals surface area contributed by atoms with Crippen LogP contribution in [-0.2, 0) is 43.2 Å². The van der Waals surface area contributed by atoms with Crippen LogP contribution in [0.15, 0.2) is 83.8 Å². The van der Waals surface area contributed by atoms with Gasteiger partial charge in [0.05, 0.1) is 113 Å². The van der Waals surface area contributed by atoms with Crippen molar-refractivity contribution in [3.63, 3.8) is 0 Å². The summed E-state index contributed by atoms with van der Waals surface area (Å²) in [5.41, 5.74) is 2.08. The molecule has 13 atom stereocenters. The summed E-state index contributed by atoms with van der Waals surface area (Å²) in [6.45, 7) is 5.75. The molecule has 24 heteroatoms. The van der Waals surface area contributed by atoms with E-state index in [0.717, 1.165) is 24.0 Å². The van der Waals surface area contributed by atoms with Crippen LogP contribution < -0.4 is 17.3 Å². The van der Waals surface area contributed by atoms with Gasteiger partial charge in [-0.1, -0.05) is 24.6 Å². The Hall–Kier alpha value is -4.41. The molecule has 1 amide bonds. The number of hydrogen-bond donors (Lipinski definition) is 7. The van der Waals surface area contributed by atoms with Crippen molar-refractivity contribution in [1.29, 1.82) is 0 Å². The van der Waals surface area contributed by atoms with E-state index in [1.54, 1.807) is 74.2 Å². The van der Waals surface area contributed by atoms with Gasteiger partial charge in [-0.2, -0.15) is 0 Å². The Morgan fingerprint density at radius 3 is 1.51 bits per heavy atom. The summed E-state index contributed by atoms with van der Waals surface area (Å²) in [4.78, 5) is 13.3. The van der Waals surface area contributed by atoms with Crippen LogP contribution >= 0.6 is 36.1 Å². The maximum Gasteiger partial charge on any atom is 0.421 e. The number of phenolic OH excluding ortho intramolecular Hbond substituents is 3. The molecular formula is C60H83NO19S4. The number of benzene rings is 4. The molecule has 0 aliphatic carbocycles. The van der Waals surface area contributed by atoms with Gasteiger partial charge in [-0.15, -0.1) is 0 Å². The van der Waals surface area contributed by atoms with Gasteiger partial charge in [0, 0.05) is 38.0 Å². The van der Waals surface area contributed by atoms with Gasteiger partial charge in [0.25, 0.3) is 10.0 Å². The van der Waals surface area contributed by atoms with E-state index in [4.69, 9.17) is 45.7 Å². The normalized spacial score (nSPS) is 24.3. The van der Waals surface area contributed by atoms with Crippen molar-refractivity contribution < 1.29 is 89.6 Å². The summed E-state index contributed by atoms with van der Waals surface area (Å²) in [6, 6.07) is 20.5. The SMILES string of the molecule is CCC1CC(CCCC(O)CC(O)CC(CCCC2CC(CCCC(O)CC3C[C@H](C)OC(c4cc(OSC)ccc4O)O3)OC(c3cc(OSC)ccc3O)O2)OC(=O)NS(=O)(=O)c2ccc(C)cc2)OC(c2cc(OSC)ccc2O)O1. The van der Waals surface area contributed by atoms with Crippen LogP contribution in [-0.4, -0.2) is 125 Å². The Kier molecular flexibility index (Phi) is 26.4. The van der Waals surface area contributed by atoms with E-state index in [2.05, 4.69) is 0 Å². The lowest BCUT2D eigenvalue weighted by Gasteiger charge is -2.37. The van der Waals surface area contributed by atoms with Crippen LogP contribution in [0, 0.1) is 6.92 Å². The molecule has 3 heterocycles. The number of hydrogen-bond acceptors (Lipinski definition) is 22. The molecule has 4 aromatic rings. The van der Waals surface area contributed by atoms with Crippen molar-refractivity contribution in [2.24, 2.45) is 0 Å². The molecule has 0 radical (unpaired) electrons. The first-order valence-corrected chi connectivity index (χ1v) is 33.6. The molecule has 0 aromatic heterocycles. The zero-order valence-electron chi connectivity index (χ0n) is 48.4. The summed E-state index contributed by atoms with van der Waals surface area (Å²) in [5.74, 6) is 1.54. The molecule has 7 N–H and O–H groups in total. The lowest BCUT2D eigenvalue weighted by atomic mass is 9.95. The number of sulfonamides is 1. The molecular weight excluding hydrogens is 1170 g/mol. The Balaban J connectivity index is 0.968.